The van der Waals surface area contributed by atoms with Crippen molar-refractivity contribution in [1.82, 2.24) is 10.2 Å². The van der Waals surface area contributed by atoms with E-state index in [2.05, 4.69) is 12.2 Å². The lowest BCUT2D eigenvalue weighted by Gasteiger charge is -2.33. The molecule has 34 heavy (non-hydrogen) atoms. The summed E-state index contributed by atoms with van der Waals surface area (Å²) in [4.78, 5) is 57.6. The molecule has 4 N–H and O–H groups in total. The van der Waals surface area contributed by atoms with Gasteiger partial charge in [-0.05, 0) is 19.3 Å². The quantitative estimate of drug-likeness (QED) is 0.265. The lowest BCUT2D eigenvalue weighted by atomic mass is 10.0. The zero-order valence-electron chi connectivity index (χ0n) is 19.9. The second kappa shape index (κ2) is 16.7. The zero-order chi connectivity index (χ0) is 27.1. The van der Waals surface area contributed by atoms with Gasteiger partial charge in [0, 0.05) is 13.0 Å². The first-order chi connectivity index (χ1) is 15.6. The molecule has 0 bridgehead atoms. The standard InChI is InChI=1S/C19H34N2O6.C2HF3O2/c1-5-7-8-9-10-11-15(22)20-14(12-16(23)24)18(25)21(6-2)17(13(3)4)19(26)27;3-2(4,5)1(6)7/h13-14,17H,5-12H2,1-4H3,(H,20,22)(H,23,24)(H,26,27);(H,6,7)/t14-,17-;/m0./s1. The van der Waals surface area contributed by atoms with Crippen LogP contribution in [-0.2, 0) is 24.0 Å². The van der Waals surface area contributed by atoms with Crippen molar-refractivity contribution in [3.8, 4) is 0 Å². The number of carbonyl (C=O) groups excluding carboxylic acids is 2. The summed E-state index contributed by atoms with van der Waals surface area (Å²) < 4.78 is 31.7. The topological polar surface area (TPSA) is 161 Å². The average Bonchev–Trinajstić information content (AvgIpc) is 2.69. The largest absolute Gasteiger partial charge is 0.490 e. The zero-order valence-corrected chi connectivity index (χ0v) is 19.9. The highest BCUT2D eigenvalue weighted by Crippen LogP contribution is 2.15. The van der Waals surface area contributed by atoms with Crippen molar-refractivity contribution in [3.05, 3.63) is 0 Å². The summed E-state index contributed by atoms with van der Waals surface area (Å²) in [5.41, 5.74) is 0. The van der Waals surface area contributed by atoms with Gasteiger partial charge >= 0.3 is 24.1 Å². The van der Waals surface area contributed by atoms with Crippen LogP contribution in [0.5, 0.6) is 0 Å². The Kier molecular flexibility index (Phi) is 16.4. The second-order valence-electron chi connectivity index (χ2n) is 7.84. The average molecular weight is 501 g/mol. The van der Waals surface area contributed by atoms with Crippen LogP contribution >= 0.6 is 0 Å². The van der Waals surface area contributed by atoms with Crippen molar-refractivity contribution in [2.45, 2.75) is 90.9 Å². The first-order valence-corrected chi connectivity index (χ1v) is 10.9. The van der Waals surface area contributed by atoms with Gasteiger partial charge in [0.25, 0.3) is 0 Å². The Hall–Kier alpha value is -2.86. The minimum absolute atomic E-state index is 0.108. The van der Waals surface area contributed by atoms with Crippen molar-refractivity contribution >= 4 is 29.7 Å². The third-order valence-corrected chi connectivity index (χ3v) is 4.61. The van der Waals surface area contributed by atoms with Gasteiger partial charge in [0.15, 0.2) is 0 Å². The first-order valence-electron chi connectivity index (χ1n) is 10.9. The molecule has 2 atom stereocenters. The van der Waals surface area contributed by atoms with Crippen LogP contribution < -0.4 is 5.32 Å². The Balaban J connectivity index is 0. The number of nitrogens with zero attached hydrogens (tertiary/aromatic N) is 1. The van der Waals surface area contributed by atoms with Gasteiger partial charge in [0.05, 0.1) is 6.42 Å². The molecule has 0 unspecified atom stereocenters. The van der Waals surface area contributed by atoms with Crippen molar-refractivity contribution in [2.24, 2.45) is 5.92 Å². The van der Waals surface area contributed by atoms with Crippen molar-refractivity contribution in [3.63, 3.8) is 0 Å². The van der Waals surface area contributed by atoms with E-state index in [4.69, 9.17) is 15.0 Å². The van der Waals surface area contributed by atoms with Crippen molar-refractivity contribution in [2.75, 3.05) is 6.54 Å². The summed E-state index contributed by atoms with van der Waals surface area (Å²) in [6.45, 7) is 7.18. The smallest absolute Gasteiger partial charge is 0.481 e. The fourth-order valence-corrected chi connectivity index (χ4v) is 3.00. The monoisotopic (exact) mass is 500 g/mol. The number of unbranched alkanes of at least 4 members (excludes halogenated alkanes) is 4. The highest BCUT2D eigenvalue weighted by Gasteiger charge is 2.38. The first kappa shape index (κ1) is 33.3. The number of carboxylic acid groups (broad SMARTS) is 3. The number of hydrogen-bond acceptors (Lipinski definition) is 5. The number of alkyl halides is 3. The van der Waals surface area contributed by atoms with Crippen LogP contribution in [0.3, 0.4) is 0 Å². The molecule has 0 fully saturated rings. The third kappa shape index (κ3) is 14.3. The number of rotatable bonds is 14. The van der Waals surface area contributed by atoms with Crippen molar-refractivity contribution in [1.29, 1.82) is 0 Å². The predicted octanol–water partition coefficient (Wildman–Crippen LogP) is 2.90. The van der Waals surface area contributed by atoms with Crippen molar-refractivity contribution < 1.29 is 52.5 Å². The second-order valence-corrected chi connectivity index (χ2v) is 7.84. The molecule has 13 heteroatoms. The number of hydrogen-bond donors (Lipinski definition) is 4. The van der Waals surface area contributed by atoms with E-state index in [9.17, 15) is 37.5 Å². The van der Waals surface area contributed by atoms with E-state index in [1.165, 1.54) is 0 Å². The van der Waals surface area contributed by atoms with Crippen LogP contribution in [0.1, 0.15) is 72.6 Å². The molecule has 0 aromatic carbocycles. The number of likely N-dealkylation sites (N-methyl/N-ethyl adjacent to an activating group) is 1. The maximum absolute atomic E-state index is 12.8. The van der Waals surface area contributed by atoms with Gasteiger partial charge in [-0.2, -0.15) is 13.2 Å². The van der Waals surface area contributed by atoms with Gasteiger partial charge in [-0.15, -0.1) is 0 Å². The molecular weight excluding hydrogens is 465 g/mol. The Labute approximate surface area is 196 Å². The molecule has 0 aliphatic rings. The number of carbonyl (C=O) groups is 5. The summed E-state index contributed by atoms with van der Waals surface area (Å²) in [5, 5.41) is 28.1. The van der Waals surface area contributed by atoms with Gasteiger partial charge in [0.1, 0.15) is 12.1 Å². The van der Waals surface area contributed by atoms with Crippen LogP contribution in [0, 0.1) is 5.92 Å². The molecule has 0 aliphatic carbocycles. The van der Waals surface area contributed by atoms with E-state index >= 15 is 0 Å². The lowest BCUT2D eigenvalue weighted by Crippen LogP contribution is -2.55. The maximum atomic E-state index is 12.8. The lowest BCUT2D eigenvalue weighted by molar-refractivity contribution is -0.192. The summed E-state index contributed by atoms with van der Waals surface area (Å²) in [6.07, 6.45) is -0.671. The minimum atomic E-state index is -5.08. The van der Waals surface area contributed by atoms with Crippen LogP contribution in [-0.4, -0.2) is 74.7 Å². The number of aliphatic carboxylic acids is 3. The van der Waals surface area contributed by atoms with E-state index < -0.39 is 54.4 Å². The molecule has 0 saturated heterocycles. The number of amides is 2. The van der Waals surface area contributed by atoms with Gasteiger partial charge in [-0.25, -0.2) is 9.59 Å². The van der Waals surface area contributed by atoms with Gasteiger partial charge in [0.2, 0.25) is 11.8 Å². The predicted molar refractivity (Wildman–Crippen MR) is 115 cm³/mol. The molecule has 10 nitrogen and oxygen atoms in total. The number of carboxylic acids is 3. The molecule has 198 valence electrons. The molecule has 0 saturated carbocycles. The maximum Gasteiger partial charge on any atom is 0.490 e. The third-order valence-electron chi connectivity index (χ3n) is 4.61. The summed E-state index contributed by atoms with van der Waals surface area (Å²) >= 11 is 0. The Morgan fingerprint density at radius 3 is 1.76 bits per heavy atom. The molecule has 0 radical (unpaired) electrons. The van der Waals surface area contributed by atoms with Crippen LogP contribution in [0.2, 0.25) is 0 Å². The van der Waals surface area contributed by atoms with E-state index in [1.54, 1.807) is 20.8 Å². The van der Waals surface area contributed by atoms with Gasteiger partial charge < -0.3 is 25.5 Å². The highest BCUT2D eigenvalue weighted by molar-refractivity contribution is 5.93. The Morgan fingerprint density at radius 1 is 0.912 bits per heavy atom. The fourth-order valence-electron chi connectivity index (χ4n) is 3.00. The number of halogens is 3. The summed E-state index contributed by atoms with van der Waals surface area (Å²) in [5.74, 6) is -6.57. The number of nitrogens with one attached hydrogen (secondary N) is 1. The van der Waals surface area contributed by atoms with Crippen LogP contribution in [0.15, 0.2) is 0 Å². The summed E-state index contributed by atoms with van der Waals surface area (Å²) in [6, 6.07) is -2.35. The molecule has 0 aromatic heterocycles. The van der Waals surface area contributed by atoms with Crippen LogP contribution in [0.4, 0.5) is 13.2 Å². The molecule has 0 aliphatic heterocycles. The fraction of sp³-hybridized carbons (Fsp3) is 0.762. The normalized spacial score (nSPS) is 12.7. The van der Waals surface area contributed by atoms with Crippen LogP contribution in [0.25, 0.3) is 0 Å². The van der Waals surface area contributed by atoms with E-state index in [0.29, 0.717) is 6.42 Å². The molecular formula is C21H35F3N2O8. The van der Waals surface area contributed by atoms with E-state index in [0.717, 1.165) is 30.6 Å². The SMILES string of the molecule is CCCCCCCC(=O)N[C@@H](CC(=O)O)C(=O)N(CC)[C@H](C(=O)O)C(C)C.O=C(O)C(F)(F)F. The molecule has 0 aromatic rings. The Bertz CT molecular complexity index is 683. The molecule has 0 rings (SSSR count). The molecule has 0 spiro atoms. The molecule has 0 heterocycles. The van der Waals surface area contributed by atoms with Gasteiger partial charge in [-0.3, -0.25) is 14.4 Å². The minimum Gasteiger partial charge on any atom is -0.481 e. The summed E-state index contributed by atoms with van der Waals surface area (Å²) in [7, 11) is 0. The van der Waals surface area contributed by atoms with E-state index in [-0.39, 0.29) is 18.9 Å². The highest BCUT2D eigenvalue weighted by atomic mass is 19.4. The van der Waals surface area contributed by atoms with Gasteiger partial charge in [-0.1, -0.05) is 46.5 Å². The Morgan fingerprint density at radius 2 is 1.41 bits per heavy atom. The van der Waals surface area contributed by atoms with E-state index in [1.807, 2.05) is 0 Å². The molecule has 2 amide bonds.